The number of ether oxygens (including phenoxy) is 1. The van der Waals surface area contributed by atoms with E-state index < -0.39 is 0 Å². The summed E-state index contributed by atoms with van der Waals surface area (Å²) >= 11 is 0. The SMILES string of the molecule is OC[C@@H]1CN2CCOCC2CN1. The molecule has 12 heavy (non-hydrogen) atoms. The van der Waals surface area contributed by atoms with Gasteiger partial charge in [-0.1, -0.05) is 0 Å². The van der Waals surface area contributed by atoms with Gasteiger partial charge in [-0.05, 0) is 0 Å². The molecule has 0 aromatic heterocycles. The highest BCUT2D eigenvalue weighted by molar-refractivity contribution is 4.87. The Morgan fingerprint density at radius 2 is 2.50 bits per heavy atom. The number of morpholine rings is 1. The lowest BCUT2D eigenvalue weighted by Crippen LogP contribution is -2.61. The molecule has 2 heterocycles. The summed E-state index contributed by atoms with van der Waals surface area (Å²) in [4.78, 5) is 2.40. The van der Waals surface area contributed by atoms with Gasteiger partial charge in [0, 0.05) is 31.7 Å². The van der Waals surface area contributed by atoms with Gasteiger partial charge >= 0.3 is 0 Å². The minimum atomic E-state index is 0.240. The first-order chi connectivity index (χ1) is 5.90. The summed E-state index contributed by atoms with van der Waals surface area (Å²) in [5.41, 5.74) is 0. The van der Waals surface area contributed by atoms with E-state index in [1.165, 1.54) is 0 Å². The fraction of sp³-hybridized carbons (Fsp3) is 1.00. The molecule has 2 saturated heterocycles. The van der Waals surface area contributed by atoms with Crippen molar-refractivity contribution < 1.29 is 9.84 Å². The fourth-order valence-electron chi connectivity index (χ4n) is 1.89. The van der Waals surface area contributed by atoms with Crippen molar-refractivity contribution in [2.24, 2.45) is 0 Å². The van der Waals surface area contributed by atoms with E-state index in [0.717, 1.165) is 32.8 Å². The van der Waals surface area contributed by atoms with E-state index in [1.807, 2.05) is 0 Å². The van der Waals surface area contributed by atoms with Gasteiger partial charge in [0.25, 0.3) is 0 Å². The highest BCUT2D eigenvalue weighted by atomic mass is 16.5. The topological polar surface area (TPSA) is 44.7 Å². The van der Waals surface area contributed by atoms with Crippen LogP contribution in [0.15, 0.2) is 0 Å². The summed E-state index contributed by atoms with van der Waals surface area (Å²) in [6.45, 7) is 4.85. The molecule has 2 aliphatic rings. The molecule has 0 aliphatic carbocycles. The molecule has 2 rings (SSSR count). The van der Waals surface area contributed by atoms with Crippen molar-refractivity contribution in [2.45, 2.75) is 12.1 Å². The maximum Gasteiger partial charge on any atom is 0.0634 e. The number of aliphatic hydroxyl groups is 1. The number of rotatable bonds is 1. The van der Waals surface area contributed by atoms with E-state index in [9.17, 15) is 0 Å². The van der Waals surface area contributed by atoms with Gasteiger partial charge in [0.05, 0.1) is 19.8 Å². The summed E-state index contributed by atoms with van der Waals surface area (Å²) in [5.74, 6) is 0. The molecule has 2 N–H and O–H groups in total. The summed E-state index contributed by atoms with van der Waals surface area (Å²) < 4.78 is 5.36. The first kappa shape index (κ1) is 8.44. The largest absolute Gasteiger partial charge is 0.395 e. The Balaban J connectivity index is 1.90. The van der Waals surface area contributed by atoms with Gasteiger partial charge in [-0.15, -0.1) is 0 Å². The molecule has 1 unspecified atom stereocenters. The van der Waals surface area contributed by atoms with Gasteiger partial charge < -0.3 is 15.2 Å². The van der Waals surface area contributed by atoms with Gasteiger partial charge in [0.2, 0.25) is 0 Å². The third-order valence-electron chi connectivity index (χ3n) is 2.67. The maximum atomic E-state index is 8.96. The molecule has 4 heteroatoms. The zero-order valence-corrected chi connectivity index (χ0v) is 7.20. The summed E-state index contributed by atoms with van der Waals surface area (Å²) in [6, 6.07) is 0.792. The van der Waals surface area contributed by atoms with Crippen LogP contribution in [0, 0.1) is 0 Å². The van der Waals surface area contributed by atoms with E-state index >= 15 is 0 Å². The monoisotopic (exact) mass is 172 g/mol. The highest BCUT2D eigenvalue weighted by Crippen LogP contribution is 2.10. The number of nitrogens with zero attached hydrogens (tertiary/aromatic N) is 1. The van der Waals surface area contributed by atoms with E-state index in [1.54, 1.807) is 0 Å². The summed E-state index contributed by atoms with van der Waals surface area (Å²) in [5, 5.41) is 12.3. The molecule has 2 atom stereocenters. The van der Waals surface area contributed by atoms with Crippen molar-refractivity contribution >= 4 is 0 Å². The molecule has 0 spiro atoms. The third kappa shape index (κ3) is 1.61. The average molecular weight is 172 g/mol. The van der Waals surface area contributed by atoms with E-state index in [4.69, 9.17) is 9.84 Å². The summed E-state index contributed by atoms with van der Waals surface area (Å²) in [6.07, 6.45) is 0. The number of hydrogen-bond acceptors (Lipinski definition) is 4. The normalized spacial score (nSPS) is 37.8. The number of fused-ring (bicyclic) bond motifs is 1. The molecule has 0 saturated carbocycles. The minimum Gasteiger partial charge on any atom is -0.395 e. The quantitative estimate of drug-likeness (QED) is 0.513. The third-order valence-corrected chi connectivity index (χ3v) is 2.67. The van der Waals surface area contributed by atoms with E-state index in [2.05, 4.69) is 10.2 Å². The maximum absolute atomic E-state index is 8.96. The fourth-order valence-corrected chi connectivity index (χ4v) is 1.89. The standard InChI is InChI=1S/C8H16N2O2/c11-5-7-4-10-1-2-12-6-8(10)3-9-7/h7-9,11H,1-6H2/t7-,8?/m0/s1. The number of nitrogens with one attached hydrogen (secondary N) is 1. The Morgan fingerprint density at radius 1 is 1.58 bits per heavy atom. The van der Waals surface area contributed by atoms with Crippen LogP contribution in [-0.4, -0.2) is 61.5 Å². The zero-order valence-electron chi connectivity index (χ0n) is 7.20. The first-order valence-electron chi connectivity index (χ1n) is 4.56. The second-order valence-electron chi connectivity index (χ2n) is 3.51. The van der Waals surface area contributed by atoms with Crippen LogP contribution >= 0.6 is 0 Å². The molecule has 0 aromatic rings. The number of hydrogen-bond donors (Lipinski definition) is 2. The minimum absolute atomic E-state index is 0.240. The Morgan fingerprint density at radius 3 is 3.33 bits per heavy atom. The van der Waals surface area contributed by atoms with Crippen molar-refractivity contribution in [3.05, 3.63) is 0 Å². The molecule has 2 fully saturated rings. The predicted molar refractivity (Wildman–Crippen MR) is 45.1 cm³/mol. The number of aliphatic hydroxyl groups excluding tert-OH is 1. The lowest BCUT2D eigenvalue weighted by molar-refractivity contribution is -0.0307. The Kier molecular flexibility index (Phi) is 2.60. The van der Waals surface area contributed by atoms with Crippen molar-refractivity contribution in [3.63, 3.8) is 0 Å². The van der Waals surface area contributed by atoms with Crippen molar-refractivity contribution in [1.29, 1.82) is 0 Å². The van der Waals surface area contributed by atoms with Crippen molar-refractivity contribution in [3.8, 4) is 0 Å². The lowest BCUT2D eigenvalue weighted by Gasteiger charge is -2.42. The van der Waals surface area contributed by atoms with Crippen LogP contribution in [0.4, 0.5) is 0 Å². The van der Waals surface area contributed by atoms with Gasteiger partial charge in [-0.25, -0.2) is 0 Å². The van der Waals surface area contributed by atoms with Crippen LogP contribution < -0.4 is 5.32 Å². The zero-order chi connectivity index (χ0) is 8.39. The van der Waals surface area contributed by atoms with E-state index in [0.29, 0.717) is 6.04 Å². The van der Waals surface area contributed by atoms with Gasteiger partial charge in [0.1, 0.15) is 0 Å². The molecule has 0 aromatic carbocycles. The van der Waals surface area contributed by atoms with Crippen LogP contribution in [-0.2, 0) is 4.74 Å². The van der Waals surface area contributed by atoms with Crippen LogP contribution in [0.1, 0.15) is 0 Å². The number of piperazine rings is 1. The van der Waals surface area contributed by atoms with Crippen LogP contribution in [0.2, 0.25) is 0 Å². The molecular formula is C8H16N2O2. The molecule has 0 amide bonds. The second kappa shape index (κ2) is 3.70. The van der Waals surface area contributed by atoms with E-state index in [-0.39, 0.29) is 12.6 Å². The van der Waals surface area contributed by atoms with Gasteiger partial charge in [-0.3, -0.25) is 4.90 Å². The lowest BCUT2D eigenvalue weighted by atomic mass is 10.1. The Bertz CT molecular complexity index is 154. The second-order valence-corrected chi connectivity index (χ2v) is 3.51. The first-order valence-corrected chi connectivity index (χ1v) is 4.56. The van der Waals surface area contributed by atoms with Crippen LogP contribution in [0.3, 0.4) is 0 Å². The van der Waals surface area contributed by atoms with Gasteiger partial charge in [-0.2, -0.15) is 0 Å². The smallest absolute Gasteiger partial charge is 0.0634 e. The molecular weight excluding hydrogens is 156 g/mol. The van der Waals surface area contributed by atoms with Crippen LogP contribution in [0.5, 0.6) is 0 Å². The molecule has 4 nitrogen and oxygen atoms in total. The van der Waals surface area contributed by atoms with Crippen molar-refractivity contribution in [1.82, 2.24) is 10.2 Å². The van der Waals surface area contributed by atoms with Crippen molar-refractivity contribution in [2.75, 3.05) is 39.5 Å². The molecule has 70 valence electrons. The molecule has 0 bridgehead atoms. The molecule has 0 radical (unpaired) electrons. The van der Waals surface area contributed by atoms with Crippen LogP contribution in [0.25, 0.3) is 0 Å². The Labute approximate surface area is 72.5 Å². The highest BCUT2D eigenvalue weighted by Gasteiger charge is 2.29. The predicted octanol–water partition coefficient (Wildman–Crippen LogP) is -1.35. The van der Waals surface area contributed by atoms with Gasteiger partial charge in [0.15, 0.2) is 0 Å². The molecule has 2 aliphatic heterocycles. The summed E-state index contributed by atoms with van der Waals surface area (Å²) in [7, 11) is 0. The average Bonchev–Trinajstić information content (AvgIpc) is 2.17. The Hall–Kier alpha value is -0.160.